The van der Waals surface area contributed by atoms with E-state index in [4.69, 9.17) is 18.9 Å². The number of ether oxygens (including phenoxy) is 4. The van der Waals surface area contributed by atoms with E-state index >= 15 is 0 Å². The van der Waals surface area contributed by atoms with Gasteiger partial charge in [-0.25, -0.2) is 0 Å². The second-order valence-electron chi connectivity index (χ2n) is 13.7. The average Bonchev–Trinajstić information content (AvgIpc) is 3.49. The second kappa shape index (κ2) is 11.0. The van der Waals surface area contributed by atoms with Crippen LogP contribution in [0.1, 0.15) is 59.3 Å². The van der Waals surface area contributed by atoms with Crippen LogP contribution in [0.25, 0.3) is 0 Å². The standard InChI is InChI=1S/C37H42O7/c1-4-8-33-43-32-20-29-28-16-11-23-19-24(38)17-18-35(23,2)34(28)30(39)21-36(29,3)37(32,44-33)31(40)22-41-25-12-14-27(15-13-25)42-26-9-6-5-7-10-26/h5-7,9-10,12-15,17-19,28-30,32-34,39H,4,8,11,16,20-22H2,1-3H3/t28?,29?,30?,32-,33?,34?,35?,36?,37-/m1/s1. The predicted octanol–water partition coefficient (Wildman–Crippen LogP) is 6.60. The first-order valence-corrected chi connectivity index (χ1v) is 16.1. The summed E-state index contributed by atoms with van der Waals surface area (Å²) in [4.78, 5) is 26.6. The monoisotopic (exact) mass is 598 g/mol. The van der Waals surface area contributed by atoms with E-state index in [0.29, 0.717) is 30.8 Å². The Morgan fingerprint density at radius 2 is 1.77 bits per heavy atom. The van der Waals surface area contributed by atoms with E-state index in [2.05, 4.69) is 20.8 Å². The van der Waals surface area contributed by atoms with E-state index in [1.807, 2.05) is 48.5 Å². The molecule has 2 aromatic rings. The summed E-state index contributed by atoms with van der Waals surface area (Å²) in [5.41, 5.74) is -1.09. The number of carbonyl (C=O) groups is 2. The first-order chi connectivity index (χ1) is 21.2. The summed E-state index contributed by atoms with van der Waals surface area (Å²) in [7, 11) is 0. The summed E-state index contributed by atoms with van der Waals surface area (Å²) in [6.45, 7) is 6.23. The predicted molar refractivity (Wildman–Crippen MR) is 164 cm³/mol. The minimum Gasteiger partial charge on any atom is -0.486 e. The third-order valence-electron chi connectivity index (χ3n) is 11.4. The van der Waals surface area contributed by atoms with Gasteiger partial charge in [0.15, 0.2) is 17.7 Å². The Labute approximate surface area is 259 Å². The number of fused-ring (bicyclic) bond motifs is 7. The minimum atomic E-state index is -1.20. The molecular weight excluding hydrogens is 556 g/mol. The lowest BCUT2D eigenvalue weighted by Crippen LogP contribution is -2.63. The molecule has 7 heteroatoms. The number of hydrogen-bond acceptors (Lipinski definition) is 7. The van der Waals surface area contributed by atoms with Gasteiger partial charge in [0, 0.05) is 16.7 Å². The first-order valence-electron chi connectivity index (χ1n) is 16.1. The molecule has 0 bridgehead atoms. The van der Waals surface area contributed by atoms with Crippen LogP contribution in [-0.4, -0.2) is 47.4 Å². The van der Waals surface area contributed by atoms with Crippen LogP contribution in [0.4, 0.5) is 0 Å². The van der Waals surface area contributed by atoms with Crippen molar-refractivity contribution in [2.45, 2.75) is 83.4 Å². The van der Waals surface area contributed by atoms with Crippen molar-refractivity contribution in [1.29, 1.82) is 0 Å². The molecule has 3 saturated carbocycles. The summed E-state index contributed by atoms with van der Waals surface area (Å²) in [6, 6.07) is 16.8. The number of rotatable bonds is 8. The Morgan fingerprint density at radius 1 is 1.05 bits per heavy atom. The largest absolute Gasteiger partial charge is 0.486 e. The van der Waals surface area contributed by atoms with Crippen molar-refractivity contribution in [3.05, 3.63) is 78.4 Å². The number of Topliss-reactive ketones (excluding diaryl/α,β-unsaturated/α-hetero) is 1. The zero-order valence-corrected chi connectivity index (χ0v) is 25.7. The van der Waals surface area contributed by atoms with Crippen LogP contribution in [0.3, 0.4) is 0 Å². The summed E-state index contributed by atoms with van der Waals surface area (Å²) < 4.78 is 25.3. The van der Waals surface area contributed by atoms with Gasteiger partial charge < -0.3 is 24.1 Å². The van der Waals surface area contributed by atoms with Gasteiger partial charge in [0.05, 0.1) is 12.2 Å². The molecule has 0 amide bonds. The van der Waals surface area contributed by atoms with Gasteiger partial charge in [0.2, 0.25) is 5.78 Å². The van der Waals surface area contributed by atoms with E-state index in [1.165, 1.54) is 0 Å². The lowest BCUT2D eigenvalue weighted by molar-refractivity contribution is -0.200. The number of allylic oxidation sites excluding steroid dienone is 4. The van der Waals surface area contributed by atoms with E-state index in [1.54, 1.807) is 24.3 Å². The van der Waals surface area contributed by atoms with Crippen molar-refractivity contribution in [2.24, 2.45) is 28.6 Å². The summed E-state index contributed by atoms with van der Waals surface area (Å²) in [5.74, 6) is 2.15. The Balaban J connectivity index is 1.14. The van der Waals surface area contributed by atoms with Gasteiger partial charge in [-0.15, -0.1) is 0 Å². The maximum atomic E-state index is 14.4. The van der Waals surface area contributed by atoms with Crippen LogP contribution in [0, 0.1) is 28.6 Å². The second-order valence-corrected chi connectivity index (χ2v) is 13.7. The highest BCUT2D eigenvalue weighted by Gasteiger charge is 2.75. The molecule has 4 aliphatic carbocycles. The van der Waals surface area contributed by atoms with Gasteiger partial charge in [0.1, 0.15) is 23.9 Å². The van der Waals surface area contributed by atoms with Gasteiger partial charge in [-0.3, -0.25) is 9.59 Å². The summed E-state index contributed by atoms with van der Waals surface area (Å²) >= 11 is 0. The van der Waals surface area contributed by atoms with Crippen molar-refractivity contribution in [2.75, 3.05) is 6.61 Å². The molecule has 232 valence electrons. The maximum Gasteiger partial charge on any atom is 0.205 e. The molecule has 4 fully saturated rings. The van der Waals surface area contributed by atoms with Crippen molar-refractivity contribution in [3.63, 3.8) is 0 Å². The van der Waals surface area contributed by atoms with Crippen LogP contribution in [0.5, 0.6) is 17.2 Å². The van der Waals surface area contributed by atoms with E-state index in [-0.39, 0.29) is 41.3 Å². The zero-order valence-electron chi connectivity index (χ0n) is 25.7. The number of aliphatic hydroxyl groups is 1. The Morgan fingerprint density at radius 3 is 2.52 bits per heavy atom. The number of aliphatic hydroxyl groups excluding tert-OH is 1. The number of benzene rings is 2. The van der Waals surface area contributed by atoms with Gasteiger partial charge in [-0.05, 0) is 92.5 Å². The van der Waals surface area contributed by atoms with Crippen LogP contribution in [-0.2, 0) is 19.1 Å². The molecule has 1 N–H and O–H groups in total. The zero-order chi connectivity index (χ0) is 30.7. The van der Waals surface area contributed by atoms with Crippen LogP contribution in [0.2, 0.25) is 0 Å². The summed E-state index contributed by atoms with van der Waals surface area (Å²) in [5, 5.41) is 11.9. The fourth-order valence-electron chi connectivity index (χ4n) is 9.49. The molecule has 2 aromatic carbocycles. The highest BCUT2D eigenvalue weighted by atomic mass is 16.7. The van der Waals surface area contributed by atoms with Crippen LogP contribution in [0.15, 0.2) is 78.4 Å². The average molecular weight is 599 g/mol. The molecule has 1 saturated heterocycles. The van der Waals surface area contributed by atoms with Crippen molar-refractivity contribution >= 4 is 11.6 Å². The minimum absolute atomic E-state index is 0.0214. The third-order valence-corrected chi connectivity index (χ3v) is 11.4. The van der Waals surface area contributed by atoms with Gasteiger partial charge >= 0.3 is 0 Å². The van der Waals surface area contributed by atoms with Gasteiger partial charge in [0.25, 0.3) is 0 Å². The smallest absolute Gasteiger partial charge is 0.205 e. The lowest BCUT2D eigenvalue weighted by Gasteiger charge is -2.59. The number of carbonyl (C=O) groups excluding carboxylic acids is 2. The quantitative estimate of drug-likeness (QED) is 0.366. The molecule has 7 nitrogen and oxygen atoms in total. The number of ketones is 2. The topological polar surface area (TPSA) is 91.3 Å². The summed E-state index contributed by atoms with van der Waals surface area (Å²) in [6.07, 6.45) is 8.33. The molecule has 44 heavy (non-hydrogen) atoms. The third kappa shape index (κ3) is 4.50. The normalized spacial score (nSPS) is 38.6. The van der Waals surface area contributed by atoms with Gasteiger partial charge in [-0.2, -0.15) is 0 Å². The van der Waals surface area contributed by atoms with Gasteiger partial charge in [-0.1, -0.05) is 57.0 Å². The molecule has 0 spiro atoms. The van der Waals surface area contributed by atoms with Crippen molar-refractivity contribution in [3.8, 4) is 17.2 Å². The van der Waals surface area contributed by atoms with E-state index < -0.39 is 29.5 Å². The SMILES string of the molecule is CCCC1O[C@@H]2CC3C4CCC5=CC(=O)C=CC5(C)C4C(O)CC3(C)[C@]2(C(=O)COc2ccc(Oc3ccccc3)cc2)O1. The maximum absolute atomic E-state index is 14.4. The van der Waals surface area contributed by atoms with Crippen molar-refractivity contribution in [1.82, 2.24) is 0 Å². The molecule has 1 aliphatic heterocycles. The Hall–Kier alpha value is -3.26. The number of para-hydroxylation sites is 1. The lowest BCUT2D eigenvalue weighted by atomic mass is 9.46. The highest BCUT2D eigenvalue weighted by Crippen LogP contribution is 2.69. The fourth-order valence-corrected chi connectivity index (χ4v) is 9.49. The molecule has 9 atom stereocenters. The molecule has 1 heterocycles. The van der Waals surface area contributed by atoms with Crippen LogP contribution >= 0.6 is 0 Å². The molecule has 0 aromatic heterocycles. The molecule has 5 aliphatic rings. The van der Waals surface area contributed by atoms with Crippen molar-refractivity contribution < 1.29 is 33.6 Å². The first kappa shape index (κ1) is 29.5. The molecule has 7 rings (SSSR count). The molecule has 0 radical (unpaired) electrons. The highest BCUT2D eigenvalue weighted by molar-refractivity contribution is 6.01. The van der Waals surface area contributed by atoms with Crippen LogP contribution < -0.4 is 9.47 Å². The van der Waals surface area contributed by atoms with E-state index in [9.17, 15) is 14.7 Å². The van der Waals surface area contributed by atoms with E-state index in [0.717, 1.165) is 30.6 Å². The Kier molecular flexibility index (Phi) is 7.34. The molecular formula is C37H42O7. The Bertz CT molecular complexity index is 1480. The molecule has 7 unspecified atom stereocenters. The number of hydrogen-bond donors (Lipinski definition) is 1. The fraction of sp³-hybridized carbons (Fsp3) is 0.514.